The third-order valence-electron chi connectivity index (χ3n) is 1.49. The molecule has 0 heterocycles. The van der Waals surface area contributed by atoms with Gasteiger partial charge < -0.3 is 0 Å². The van der Waals surface area contributed by atoms with Gasteiger partial charge in [0.25, 0.3) is 0 Å². The summed E-state index contributed by atoms with van der Waals surface area (Å²) in [6, 6.07) is 5.70. The van der Waals surface area contributed by atoms with Crippen LogP contribution in [0.2, 0.25) is 0 Å². The summed E-state index contributed by atoms with van der Waals surface area (Å²) >= 11 is 0. The van der Waals surface area contributed by atoms with E-state index in [-0.39, 0.29) is 18.1 Å². The van der Waals surface area contributed by atoms with E-state index in [2.05, 4.69) is 5.43 Å². The number of rotatable bonds is 3. The summed E-state index contributed by atoms with van der Waals surface area (Å²) in [6.07, 6.45) is 0.171. The Labute approximate surface area is 74.9 Å². The van der Waals surface area contributed by atoms with Crippen LogP contribution in [-0.2, 0) is 11.2 Å². The fraction of sp³-hybridized carbons (Fsp3) is 0.125. The van der Waals surface area contributed by atoms with Crippen molar-refractivity contribution in [3.63, 3.8) is 0 Å². The van der Waals surface area contributed by atoms with E-state index in [1.165, 1.54) is 12.1 Å². The smallest absolute Gasteiger partial charge is 0.239 e. The molecule has 4 nitrogen and oxygen atoms in total. The Hall–Kier alpha value is -1.46. The second kappa shape index (κ2) is 4.54. The zero-order chi connectivity index (χ0) is 9.68. The Bertz CT molecular complexity index is 286. The van der Waals surface area contributed by atoms with Crippen molar-refractivity contribution < 1.29 is 9.18 Å². The summed E-state index contributed by atoms with van der Waals surface area (Å²) in [5.74, 6) is 4.28. The molecule has 0 aliphatic rings. The van der Waals surface area contributed by atoms with Crippen LogP contribution in [0.1, 0.15) is 5.56 Å². The minimum atomic E-state index is -0.318. The van der Waals surface area contributed by atoms with E-state index in [1.54, 1.807) is 12.1 Å². The summed E-state index contributed by atoms with van der Waals surface area (Å²) in [6.45, 7) is 0. The molecule has 0 aliphatic heterocycles. The zero-order valence-electron chi connectivity index (χ0n) is 6.88. The number of halogens is 1. The number of hydrazine groups is 2. The monoisotopic (exact) mass is 183 g/mol. The van der Waals surface area contributed by atoms with Crippen molar-refractivity contribution in [3.8, 4) is 0 Å². The molecule has 0 unspecified atom stereocenters. The highest BCUT2D eigenvalue weighted by Gasteiger charge is 2.01. The molecule has 1 amide bonds. The van der Waals surface area contributed by atoms with E-state index in [9.17, 15) is 9.18 Å². The number of carbonyl (C=O) groups excluding carboxylic acids is 1. The average molecular weight is 183 g/mol. The number of carbonyl (C=O) groups is 1. The summed E-state index contributed by atoms with van der Waals surface area (Å²) in [5.41, 5.74) is 4.96. The Balaban J connectivity index is 2.54. The van der Waals surface area contributed by atoms with Gasteiger partial charge in [0.2, 0.25) is 5.91 Å². The van der Waals surface area contributed by atoms with Crippen molar-refractivity contribution in [1.29, 1.82) is 0 Å². The SMILES string of the molecule is NNNC(=O)Cc1ccc(F)cc1. The highest BCUT2D eigenvalue weighted by molar-refractivity contribution is 5.77. The third kappa shape index (κ3) is 3.18. The maximum absolute atomic E-state index is 12.4. The van der Waals surface area contributed by atoms with Gasteiger partial charge in [-0.2, -0.15) is 5.53 Å². The largest absolute Gasteiger partial charge is 0.278 e. The van der Waals surface area contributed by atoms with Gasteiger partial charge in [0.15, 0.2) is 0 Å². The first-order chi connectivity index (χ1) is 6.22. The molecule has 1 aromatic carbocycles. The predicted molar refractivity (Wildman–Crippen MR) is 45.6 cm³/mol. The third-order valence-corrected chi connectivity index (χ3v) is 1.49. The second-order valence-corrected chi connectivity index (χ2v) is 2.50. The maximum atomic E-state index is 12.4. The van der Waals surface area contributed by atoms with Crippen LogP contribution in [0, 0.1) is 5.82 Å². The average Bonchev–Trinajstić information content (AvgIpc) is 2.09. The van der Waals surface area contributed by atoms with Crippen LogP contribution in [0.4, 0.5) is 4.39 Å². The van der Waals surface area contributed by atoms with Gasteiger partial charge in [0.05, 0.1) is 6.42 Å². The fourth-order valence-corrected chi connectivity index (χ4v) is 0.912. The molecule has 70 valence electrons. The molecule has 1 rings (SSSR count). The van der Waals surface area contributed by atoms with Gasteiger partial charge in [0.1, 0.15) is 5.82 Å². The molecule has 0 radical (unpaired) electrons. The molecule has 0 aromatic heterocycles. The first kappa shape index (κ1) is 9.63. The summed E-state index contributed by atoms with van der Waals surface area (Å²) in [4.78, 5) is 11.0. The summed E-state index contributed by atoms with van der Waals surface area (Å²) < 4.78 is 12.4. The van der Waals surface area contributed by atoms with Crippen molar-refractivity contribution in [2.75, 3.05) is 0 Å². The lowest BCUT2D eigenvalue weighted by atomic mass is 10.1. The first-order valence-corrected chi connectivity index (χ1v) is 3.71. The Morgan fingerprint density at radius 1 is 1.38 bits per heavy atom. The van der Waals surface area contributed by atoms with Crippen LogP contribution in [0.5, 0.6) is 0 Å². The van der Waals surface area contributed by atoms with Crippen molar-refractivity contribution in [3.05, 3.63) is 35.6 Å². The van der Waals surface area contributed by atoms with Crippen LogP contribution in [0.3, 0.4) is 0 Å². The van der Waals surface area contributed by atoms with Crippen LogP contribution in [-0.4, -0.2) is 5.91 Å². The van der Waals surface area contributed by atoms with Gasteiger partial charge in [-0.1, -0.05) is 12.1 Å². The van der Waals surface area contributed by atoms with Crippen molar-refractivity contribution in [2.45, 2.75) is 6.42 Å². The lowest BCUT2D eigenvalue weighted by Gasteiger charge is -2.02. The van der Waals surface area contributed by atoms with E-state index >= 15 is 0 Å². The molecule has 0 atom stereocenters. The molecular weight excluding hydrogens is 173 g/mol. The molecule has 13 heavy (non-hydrogen) atoms. The topological polar surface area (TPSA) is 67.2 Å². The molecule has 4 N–H and O–H groups in total. The molecule has 0 aliphatic carbocycles. The second-order valence-electron chi connectivity index (χ2n) is 2.50. The summed E-state index contributed by atoms with van der Waals surface area (Å²) in [7, 11) is 0. The van der Waals surface area contributed by atoms with Gasteiger partial charge in [0, 0.05) is 0 Å². The maximum Gasteiger partial charge on any atom is 0.239 e. The molecule has 0 spiro atoms. The minimum absolute atomic E-state index is 0.171. The number of hydrogen-bond donors (Lipinski definition) is 3. The van der Waals surface area contributed by atoms with Gasteiger partial charge in [-0.15, -0.1) is 0 Å². The highest BCUT2D eigenvalue weighted by atomic mass is 19.1. The molecule has 1 aromatic rings. The lowest BCUT2D eigenvalue weighted by Crippen LogP contribution is -2.42. The number of nitrogens with two attached hydrogens (primary N) is 1. The molecule has 0 fully saturated rings. The van der Waals surface area contributed by atoms with E-state index in [0.717, 1.165) is 5.56 Å². The Morgan fingerprint density at radius 3 is 2.54 bits per heavy atom. The molecular formula is C8H10FN3O. The van der Waals surface area contributed by atoms with Gasteiger partial charge in [-0.05, 0) is 17.7 Å². The normalized spacial score (nSPS) is 9.69. The van der Waals surface area contributed by atoms with E-state index < -0.39 is 0 Å². The van der Waals surface area contributed by atoms with E-state index in [1.807, 2.05) is 5.53 Å². The zero-order valence-corrected chi connectivity index (χ0v) is 6.88. The lowest BCUT2D eigenvalue weighted by molar-refractivity contribution is -0.121. The number of amides is 1. The van der Waals surface area contributed by atoms with Crippen molar-refractivity contribution >= 4 is 5.91 Å². The predicted octanol–water partition coefficient (Wildman–Crippen LogP) is -0.137. The van der Waals surface area contributed by atoms with E-state index in [4.69, 9.17) is 5.84 Å². The molecule has 0 saturated heterocycles. The standard InChI is InChI=1S/C8H10FN3O/c9-7-3-1-6(2-4-7)5-8(13)11-12-10/h1-4,12H,5,10H2,(H,11,13). The van der Waals surface area contributed by atoms with Gasteiger partial charge in [-0.25, -0.2) is 4.39 Å². The number of benzene rings is 1. The van der Waals surface area contributed by atoms with Gasteiger partial charge in [-0.3, -0.25) is 16.1 Å². The molecule has 0 saturated carbocycles. The first-order valence-electron chi connectivity index (χ1n) is 3.71. The summed E-state index contributed by atoms with van der Waals surface area (Å²) in [5, 5.41) is 0. The Kier molecular flexibility index (Phi) is 3.36. The van der Waals surface area contributed by atoms with Crippen LogP contribution < -0.4 is 16.8 Å². The molecule has 5 heteroatoms. The Morgan fingerprint density at radius 2 is 2.00 bits per heavy atom. The van der Waals surface area contributed by atoms with Gasteiger partial charge >= 0.3 is 0 Å². The number of nitrogens with one attached hydrogen (secondary N) is 2. The minimum Gasteiger partial charge on any atom is -0.278 e. The van der Waals surface area contributed by atoms with Crippen molar-refractivity contribution in [1.82, 2.24) is 11.0 Å². The van der Waals surface area contributed by atoms with Crippen LogP contribution >= 0.6 is 0 Å². The van der Waals surface area contributed by atoms with Crippen LogP contribution in [0.25, 0.3) is 0 Å². The number of hydrogen-bond acceptors (Lipinski definition) is 3. The van der Waals surface area contributed by atoms with Crippen LogP contribution in [0.15, 0.2) is 24.3 Å². The van der Waals surface area contributed by atoms with Crippen molar-refractivity contribution in [2.24, 2.45) is 5.84 Å². The molecule has 0 bridgehead atoms. The highest BCUT2D eigenvalue weighted by Crippen LogP contribution is 2.02. The fourth-order valence-electron chi connectivity index (χ4n) is 0.912. The van der Waals surface area contributed by atoms with E-state index in [0.29, 0.717) is 0 Å². The quantitative estimate of drug-likeness (QED) is 0.451.